The number of rotatable bonds is 4. The molecular weight excluding hydrogens is 354 g/mol. The van der Waals surface area contributed by atoms with Gasteiger partial charge in [-0.2, -0.15) is 0 Å². The SMILES string of the molecule is O=C(Cc1csc(-c2ccccc2Cl)n1)Nc1ccc(F)cc1F. The molecule has 0 aliphatic rings. The molecule has 2 aromatic carbocycles. The Labute approximate surface area is 145 Å². The number of nitrogens with zero attached hydrogens (tertiary/aromatic N) is 1. The third-order valence-electron chi connectivity index (χ3n) is 3.20. The van der Waals surface area contributed by atoms with Crippen molar-refractivity contribution >= 4 is 34.5 Å². The van der Waals surface area contributed by atoms with Crippen LogP contribution >= 0.6 is 22.9 Å². The fourth-order valence-corrected chi connectivity index (χ4v) is 3.24. The second kappa shape index (κ2) is 7.07. The second-order valence-electron chi connectivity index (χ2n) is 4.97. The van der Waals surface area contributed by atoms with Crippen LogP contribution in [0.25, 0.3) is 10.6 Å². The van der Waals surface area contributed by atoms with Gasteiger partial charge in [0.2, 0.25) is 5.91 Å². The Balaban J connectivity index is 1.70. The number of anilines is 1. The predicted molar refractivity (Wildman–Crippen MR) is 91.3 cm³/mol. The van der Waals surface area contributed by atoms with E-state index in [0.29, 0.717) is 21.8 Å². The minimum Gasteiger partial charge on any atom is -0.323 e. The summed E-state index contributed by atoms with van der Waals surface area (Å²) in [5.41, 5.74) is 1.28. The summed E-state index contributed by atoms with van der Waals surface area (Å²) >= 11 is 7.50. The summed E-state index contributed by atoms with van der Waals surface area (Å²) in [5.74, 6) is -1.95. The van der Waals surface area contributed by atoms with Gasteiger partial charge in [-0.3, -0.25) is 4.79 Å². The maximum absolute atomic E-state index is 13.5. The fraction of sp³-hybridized carbons (Fsp3) is 0.0588. The number of hydrogen-bond acceptors (Lipinski definition) is 3. The van der Waals surface area contributed by atoms with Gasteiger partial charge in [0.1, 0.15) is 16.6 Å². The standard InChI is InChI=1S/C17H11ClF2N2OS/c18-13-4-2-1-3-12(13)17-21-11(9-24-17)8-16(23)22-15-6-5-10(19)7-14(15)20/h1-7,9H,8H2,(H,22,23). The Kier molecular flexibility index (Phi) is 4.87. The van der Waals surface area contributed by atoms with Crippen LogP contribution < -0.4 is 5.32 Å². The zero-order chi connectivity index (χ0) is 17.1. The van der Waals surface area contributed by atoms with Crippen LogP contribution in [0.2, 0.25) is 5.02 Å². The maximum atomic E-state index is 13.5. The molecule has 122 valence electrons. The molecule has 24 heavy (non-hydrogen) atoms. The minimum absolute atomic E-state index is 0.0161. The van der Waals surface area contributed by atoms with Gasteiger partial charge >= 0.3 is 0 Å². The lowest BCUT2D eigenvalue weighted by Gasteiger charge is -2.05. The van der Waals surface area contributed by atoms with Gasteiger partial charge in [-0.1, -0.05) is 29.8 Å². The molecule has 3 rings (SSSR count). The third-order valence-corrected chi connectivity index (χ3v) is 4.46. The van der Waals surface area contributed by atoms with E-state index in [4.69, 9.17) is 11.6 Å². The highest BCUT2D eigenvalue weighted by Crippen LogP contribution is 2.30. The lowest BCUT2D eigenvalue weighted by Crippen LogP contribution is -2.15. The molecule has 0 unspecified atom stereocenters. The van der Waals surface area contributed by atoms with Crippen LogP contribution in [0.1, 0.15) is 5.69 Å². The summed E-state index contributed by atoms with van der Waals surface area (Å²) in [6, 6.07) is 10.3. The lowest BCUT2D eigenvalue weighted by atomic mass is 10.2. The van der Waals surface area contributed by atoms with Crippen molar-refractivity contribution in [3.8, 4) is 10.6 Å². The Bertz CT molecular complexity index is 898. The van der Waals surface area contributed by atoms with Crippen molar-refractivity contribution in [1.82, 2.24) is 4.98 Å². The van der Waals surface area contributed by atoms with E-state index < -0.39 is 17.5 Å². The Morgan fingerprint density at radius 3 is 2.75 bits per heavy atom. The first kappa shape index (κ1) is 16.5. The molecule has 1 amide bonds. The van der Waals surface area contributed by atoms with Crippen molar-refractivity contribution in [3.63, 3.8) is 0 Å². The number of aromatic nitrogens is 1. The highest BCUT2D eigenvalue weighted by molar-refractivity contribution is 7.13. The molecule has 3 aromatic rings. The number of halogens is 3. The summed E-state index contributed by atoms with van der Waals surface area (Å²) in [4.78, 5) is 16.4. The van der Waals surface area contributed by atoms with Crippen LogP contribution in [0.5, 0.6) is 0 Å². The molecule has 0 aliphatic carbocycles. The van der Waals surface area contributed by atoms with Crippen molar-refractivity contribution < 1.29 is 13.6 Å². The van der Waals surface area contributed by atoms with Crippen LogP contribution in [-0.4, -0.2) is 10.9 Å². The molecule has 0 spiro atoms. The van der Waals surface area contributed by atoms with E-state index in [1.807, 2.05) is 18.2 Å². The van der Waals surface area contributed by atoms with Gasteiger partial charge in [0, 0.05) is 17.0 Å². The molecule has 1 N–H and O–H groups in total. The summed E-state index contributed by atoms with van der Waals surface area (Å²) in [6.45, 7) is 0. The number of amides is 1. The Hall–Kier alpha value is -2.31. The predicted octanol–water partition coefficient (Wildman–Crippen LogP) is 4.92. The van der Waals surface area contributed by atoms with E-state index in [0.717, 1.165) is 11.6 Å². The maximum Gasteiger partial charge on any atom is 0.230 e. The van der Waals surface area contributed by atoms with Crippen LogP contribution in [0.15, 0.2) is 47.8 Å². The van der Waals surface area contributed by atoms with Gasteiger partial charge in [0.15, 0.2) is 0 Å². The zero-order valence-electron chi connectivity index (χ0n) is 12.2. The van der Waals surface area contributed by atoms with Crippen molar-refractivity contribution in [2.24, 2.45) is 0 Å². The first-order chi connectivity index (χ1) is 11.5. The van der Waals surface area contributed by atoms with E-state index in [1.54, 1.807) is 11.4 Å². The summed E-state index contributed by atoms with van der Waals surface area (Å²) in [5, 5.41) is 5.44. The first-order valence-corrected chi connectivity index (χ1v) is 8.23. The van der Waals surface area contributed by atoms with Crippen LogP contribution in [0, 0.1) is 11.6 Å². The van der Waals surface area contributed by atoms with Crippen LogP contribution in [0.3, 0.4) is 0 Å². The van der Waals surface area contributed by atoms with E-state index in [1.165, 1.54) is 17.4 Å². The molecule has 0 atom stereocenters. The Morgan fingerprint density at radius 1 is 1.21 bits per heavy atom. The van der Waals surface area contributed by atoms with Gasteiger partial charge in [0.05, 0.1) is 22.8 Å². The van der Waals surface area contributed by atoms with Crippen LogP contribution in [-0.2, 0) is 11.2 Å². The number of thiazole rings is 1. The highest BCUT2D eigenvalue weighted by atomic mass is 35.5. The first-order valence-electron chi connectivity index (χ1n) is 6.97. The second-order valence-corrected chi connectivity index (χ2v) is 6.24. The van der Waals surface area contributed by atoms with Crippen molar-refractivity contribution in [1.29, 1.82) is 0 Å². The normalized spacial score (nSPS) is 10.6. The molecule has 0 aliphatic heterocycles. The van der Waals surface area contributed by atoms with Crippen molar-refractivity contribution in [3.05, 3.63) is 70.2 Å². The minimum atomic E-state index is -0.821. The van der Waals surface area contributed by atoms with Gasteiger partial charge in [0.25, 0.3) is 0 Å². The number of benzene rings is 2. The molecular formula is C17H11ClF2N2OS. The van der Waals surface area contributed by atoms with Gasteiger partial charge < -0.3 is 5.32 Å². The number of carbonyl (C=O) groups is 1. The zero-order valence-corrected chi connectivity index (χ0v) is 13.8. The smallest absolute Gasteiger partial charge is 0.230 e. The molecule has 0 bridgehead atoms. The van der Waals surface area contributed by atoms with Crippen LogP contribution in [0.4, 0.5) is 14.5 Å². The molecule has 7 heteroatoms. The quantitative estimate of drug-likeness (QED) is 0.713. The summed E-state index contributed by atoms with van der Waals surface area (Å²) < 4.78 is 26.4. The number of nitrogens with one attached hydrogen (secondary N) is 1. The summed E-state index contributed by atoms with van der Waals surface area (Å²) in [7, 11) is 0. The Morgan fingerprint density at radius 2 is 2.00 bits per heavy atom. The van der Waals surface area contributed by atoms with Gasteiger partial charge in [-0.05, 0) is 18.2 Å². The third kappa shape index (κ3) is 3.77. The topological polar surface area (TPSA) is 42.0 Å². The van der Waals surface area contributed by atoms with E-state index in [2.05, 4.69) is 10.3 Å². The van der Waals surface area contributed by atoms with E-state index in [-0.39, 0.29) is 12.1 Å². The van der Waals surface area contributed by atoms with E-state index in [9.17, 15) is 13.6 Å². The lowest BCUT2D eigenvalue weighted by molar-refractivity contribution is -0.115. The molecule has 1 heterocycles. The van der Waals surface area contributed by atoms with Crippen molar-refractivity contribution in [2.45, 2.75) is 6.42 Å². The molecule has 0 saturated carbocycles. The number of carbonyl (C=O) groups excluding carboxylic acids is 1. The fourth-order valence-electron chi connectivity index (χ4n) is 2.10. The average molecular weight is 365 g/mol. The average Bonchev–Trinajstić information content (AvgIpc) is 2.99. The van der Waals surface area contributed by atoms with Crippen molar-refractivity contribution in [2.75, 3.05) is 5.32 Å². The monoisotopic (exact) mass is 364 g/mol. The highest BCUT2D eigenvalue weighted by Gasteiger charge is 2.13. The molecule has 0 radical (unpaired) electrons. The number of hydrogen-bond donors (Lipinski definition) is 1. The molecule has 3 nitrogen and oxygen atoms in total. The molecule has 0 saturated heterocycles. The van der Waals surface area contributed by atoms with Gasteiger partial charge in [-0.15, -0.1) is 11.3 Å². The summed E-state index contributed by atoms with van der Waals surface area (Å²) in [6.07, 6.45) is -0.0161. The largest absolute Gasteiger partial charge is 0.323 e. The molecule has 0 fully saturated rings. The van der Waals surface area contributed by atoms with Gasteiger partial charge in [-0.25, -0.2) is 13.8 Å². The molecule has 1 aromatic heterocycles. The van der Waals surface area contributed by atoms with E-state index >= 15 is 0 Å².